The number of rotatable bonds is 1. The SMILES string of the molecule is c1cc(C2CCOCC2)c2ncnn2c1. The van der Waals surface area contributed by atoms with E-state index < -0.39 is 0 Å². The lowest BCUT2D eigenvalue weighted by molar-refractivity contribution is 0.0855. The first kappa shape index (κ1) is 8.85. The highest BCUT2D eigenvalue weighted by Crippen LogP contribution is 2.28. The van der Waals surface area contributed by atoms with E-state index in [9.17, 15) is 0 Å². The highest BCUT2D eigenvalue weighted by molar-refractivity contribution is 5.48. The Balaban J connectivity index is 2.05. The molecule has 0 saturated carbocycles. The van der Waals surface area contributed by atoms with Crippen LogP contribution in [-0.4, -0.2) is 27.8 Å². The molecule has 0 bridgehead atoms. The van der Waals surface area contributed by atoms with Gasteiger partial charge in [-0.2, -0.15) is 5.10 Å². The third-order valence-corrected chi connectivity index (χ3v) is 3.00. The first-order chi connectivity index (χ1) is 7.45. The molecule has 0 radical (unpaired) electrons. The molecule has 3 heterocycles. The smallest absolute Gasteiger partial charge is 0.158 e. The second kappa shape index (κ2) is 3.62. The van der Waals surface area contributed by atoms with Crippen LogP contribution >= 0.6 is 0 Å². The van der Waals surface area contributed by atoms with Gasteiger partial charge < -0.3 is 4.74 Å². The van der Waals surface area contributed by atoms with Gasteiger partial charge in [-0.25, -0.2) is 9.50 Å². The van der Waals surface area contributed by atoms with Gasteiger partial charge in [0.1, 0.15) is 6.33 Å². The minimum atomic E-state index is 0.576. The van der Waals surface area contributed by atoms with Gasteiger partial charge in [0.25, 0.3) is 0 Å². The third kappa shape index (κ3) is 1.51. The fourth-order valence-electron chi connectivity index (χ4n) is 2.20. The molecule has 2 aromatic heterocycles. The van der Waals surface area contributed by atoms with Crippen molar-refractivity contribution < 1.29 is 4.74 Å². The van der Waals surface area contributed by atoms with E-state index in [4.69, 9.17) is 4.74 Å². The van der Waals surface area contributed by atoms with Crippen molar-refractivity contribution in [3.05, 3.63) is 30.2 Å². The van der Waals surface area contributed by atoms with Crippen LogP contribution in [0.1, 0.15) is 24.3 Å². The van der Waals surface area contributed by atoms with Crippen molar-refractivity contribution in [1.82, 2.24) is 14.6 Å². The van der Waals surface area contributed by atoms with Crippen LogP contribution in [0.5, 0.6) is 0 Å². The molecule has 1 fully saturated rings. The van der Waals surface area contributed by atoms with Gasteiger partial charge in [-0.3, -0.25) is 0 Å². The number of fused-ring (bicyclic) bond motifs is 1. The number of ether oxygens (including phenoxy) is 1. The van der Waals surface area contributed by atoms with E-state index in [0.717, 1.165) is 31.7 Å². The second-order valence-electron chi connectivity index (χ2n) is 3.88. The van der Waals surface area contributed by atoms with Gasteiger partial charge in [0.05, 0.1) is 0 Å². The van der Waals surface area contributed by atoms with Gasteiger partial charge in [-0.05, 0) is 24.8 Å². The van der Waals surface area contributed by atoms with Crippen LogP contribution in [0.2, 0.25) is 0 Å². The molecule has 1 saturated heterocycles. The van der Waals surface area contributed by atoms with Crippen LogP contribution in [-0.2, 0) is 4.74 Å². The van der Waals surface area contributed by atoms with E-state index in [1.165, 1.54) is 5.56 Å². The lowest BCUT2D eigenvalue weighted by Gasteiger charge is -2.22. The zero-order chi connectivity index (χ0) is 10.1. The van der Waals surface area contributed by atoms with Crippen LogP contribution in [0.4, 0.5) is 0 Å². The molecule has 0 unspecified atom stereocenters. The molecule has 0 N–H and O–H groups in total. The Kier molecular flexibility index (Phi) is 2.14. The maximum absolute atomic E-state index is 5.37. The van der Waals surface area contributed by atoms with Gasteiger partial charge in [0.15, 0.2) is 5.65 Å². The quantitative estimate of drug-likeness (QED) is 0.707. The second-order valence-corrected chi connectivity index (χ2v) is 3.88. The highest BCUT2D eigenvalue weighted by atomic mass is 16.5. The average Bonchev–Trinajstić information content (AvgIpc) is 2.78. The molecule has 1 aliphatic rings. The Bertz CT molecular complexity index is 460. The van der Waals surface area contributed by atoms with E-state index in [1.54, 1.807) is 6.33 Å². The zero-order valence-electron chi connectivity index (χ0n) is 8.47. The van der Waals surface area contributed by atoms with E-state index in [2.05, 4.69) is 16.1 Å². The number of nitrogens with zero attached hydrogens (tertiary/aromatic N) is 3. The fraction of sp³-hybridized carbons (Fsp3) is 0.455. The van der Waals surface area contributed by atoms with Crippen molar-refractivity contribution in [3.8, 4) is 0 Å². The molecule has 0 aromatic carbocycles. The predicted molar refractivity (Wildman–Crippen MR) is 55.8 cm³/mol. The maximum atomic E-state index is 5.37. The molecule has 4 heteroatoms. The first-order valence-electron chi connectivity index (χ1n) is 5.31. The van der Waals surface area contributed by atoms with Gasteiger partial charge in [-0.15, -0.1) is 0 Å². The summed E-state index contributed by atoms with van der Waals surface area (Å²) in [6, 6.07) is 4.19. The van der Waals surface area contributed by atoms with Crippen molar-refractivity contribution in [2.24, 2.45) is 0 Å². The van der Waals surface area contributed by atoms with Gasteiger partial charge in [0, 0.05) is 25.0 Å². The van der Waals surface area contributed by atoms with Crippen molar-refractivity contribution in [3.63, 3.8) is 0 Å². The lowest BCUT2D eigenvalue weighted by Crippen LogP contribution is -2.14. The molecule has 4 nitrogen and oxygen atoms in total. The zero-order valence-corrected chi connectivity index (χ0v) is 8.47. The third-order valence-electron chi connectivity index (χ3n) is 3.00. The van der Waals surface area contributed by atoms with E-state index >= 15 is 0 Å². The molecule has 1 aliphatic heterocycles. The summed E-state index contributed by atoms with van der Waals surface area (Å²) in [6.07, 6.45) is 5.72. The van der Waals surface area contributed by atoms with Crippen LogP contribution < -0.4 is 0 Å². The van der Waals surface area contributed by atoms with Crippen LogP contribution in [0.3, 0.4) is 0 Å². The lowest BCUT2D eigenvalue weighted by atomic mass is 9.92. The fourth-order valence-corrected chi connectivity index (χ4v) is 2.20. The van der Waals surface area contributed by atoms with Gasteiger partial charge >= 0.3 is 0 Å². The molecule has 2 aromatic rings. The Morgan fingerprint density at radius 2 is 2.20 bits per heavy atom. The average molecular weight is 203 g/mol. The summed E-state index contributed by atoms with van der Waals surface area (Å²) in [7, 11) is 0. The monoisotopic (exact) mass is 203 g/mol. The van der Waals surface area contributed by atoms with Crippen LogP contribution in [0.15, 0.2) is 24.7 Å². The Hall–Kier alpha value is -1.42. The molecule has 0 spiro atoms. The summed E-state index contributed by atoms with van der Waals surface area (Å²) < 4.78 is 7.21. The molecule has 78 valence electrons. The Labute approximate surface area is 87.9 Å². The van der Waals surface area contributed by atoms with Crippen LogP contribution in [0.25, 0.3) is 5.65 Å². The number of pyridine rings is 1. The first-order valence-corrected chi connectivity index (χ1v) is 5.31. The summed E-state index contributed by atoms with van der Waals surface area (Å²) in [5, 5.41) is 4.15. The number of hydrogen-bond acceptors (Lipinski definition) is 3. The predicted octanol–water partition coefficient (Wildman–Crippen LogP) is 1.62. The van der Waals surface area contributed by atoms with Gasteiger partial charge in [0.2, 0.25) is 0 Å². The van der Waals surface area contributed by atoms with Crippen molar-refractivity contribution in [2.45, 2.75) is 18.8 Å². The van der Waals surface area contributed by atoms with Crippen molar-refractivity contribution >= 4 is 5.65 Å². The molecule has 0 aliphatic carbocycles. The Morgan fingerprint density at radius 1 is 1.33 bits per heavy atom. The normalized spacial score (nSPS) is 18.4. The minimum Gasteiger partial charge on any atom is -0.381 e. The topological polar surface area (TPSA) is 39.4 Å². The van der Waals surface area contributed by atoms with E-state index in [0.29, 0.717) is 5.92 Å². The summed E-state index contributed by atoms with van der Waals surface area (Å²) in [4.78, 5) is 4.30. The largest absolute Gasteiger partial charge is 0.381 e. The highest BCUT2D eigenvalue weighted by Gasteiger charge is 2.18. The molecule has 15 heavy (non-hydrogen) atoms. The molecule has 0 atom stereocenters. The number of hydrogen-bond donors (Lipinski definition) is 0. The van der Waals surface area contributed by atoms with E-state index in [-0.39, 0.29) is 0 Å². The molecular weight excluding hydrogens is 190 g/mol. The van der Waals surface area contributed by atoms with Crippen molar-refractivity contribution in [2.75, 3.05) is 13.2 Å². The number of aromatic nitrogens is 3. The van der Waals surface area contributed by atoms with Gasteiger partial charge in [-0.1, -0.05) is 6.07 Å². The summed E-state index contributed by atoms with van der Waals surface area (Å²) in [6.45, 7) is 1.72. The van der Waals surface area contributed by atoms with Crippen molar-refractivity contribution in [1.29, 1.82) is 0 Å². The van der Waals surface area contributed by atoms with E-state index in [1.807, 2.05) is 16.8 Å². The molecule has 0 amide bonds. The summed E-state index contributed by atoms with van der Waals surface area (Å²) >= 11 is 0. The molecule has 3 rings (SSSR count). The Morgan fingerprint density at radius 3 is 3.07 bits per heavy atom. The minimum absolute atomic E-state index is 0.576. The van der Waals surface area contributed by atoms with Crippen LogP contribution in [0, 0.1) is 0 Å². The summed E-state index contributed by atoms with van der Waals surface area (Å²) in [5.41, 5.74) is 2.29. The maximum Gasteiger partial charge on any atom is 0.158 e. The standard InChI is InChI=1S/C11H13N3O/c1-2-10(9-3-6-15-7-4-9)11-12-8-13-14(11)5-1/h1-2,5,8-9H,3-4,6-7H2. The summed E-state index contributed by atoms with van der Waals surface area (Å²) in [5.74, 6) is 0.576. The molecular formula is C11H13N3O.